The summed E-state index contributed by atoms with van der Waals surface area (Å²) in [6, 6.07) is 15.2. The smallest absolute Gasteiger partial charge is 0.329 e. The molecule has 3 rings (SSSR count). The van der Waals surface area contributed by atoms with Crippen LogP contribution in [0.15, 0.2) is 58.3 Å². The van der Waals surface area contributed by atoms with Crippen molar-refractivity contribution in [3.8, 4) is 0 Å². The summed E-state index contributed by atoms with van der Waals surface area (Å²) >= 11 is 1.63. The molecule has 1 heterocycles. The monoisotopic (exact) mass is 342 g/mol. The van der Waals surface area contributed by atoms with Crippen LogP contribution in [0, 0.1) is 0 Å². The molecule has 1 aliphatic heterocycles. The molecule has 2 aromatic rings. The minimum atomic E-state index is -0.415. The van der Waals surface area contributed by atoms with Crippen LogP contribution in [-0.4, -0.2) is 37.1 Å². The fourth-order valence-corrected chi connectivity index (χ4v) is 3.61. The minimum Gasteiger partial charge on any atom is -0.465 e. The van der Waals surface area contributed by atoms with Crippen molar-refractivity contribution >= 4 is 35.1 Å². The molecule has 1 aliphatic rings. The van der Waals surface area contributed by atoms with Gasteiger partial charge in [-0.25, -0.2) is 4.79 Å². The van der Waals surface area contributed by atoms with E-state index in [9.17, 15) is 9.59 Å². The van der Waals surface area contributed by atoms with Crippen LogP contribution in [0.25, 0.3) is 0 Å². The fourth-order valence-electron chi connectivity index (χ4n) is 2.55. The van der Waals surface area contributed by atoms with Crippen LogP contribution in [0.3, 0.4) is 0 Å². The zero-order chi connectivity index (χ0) is 17.1. The Morgan fingerprint density at radius 1 is 1.04 bits per heavy atom. The number of carbonyl (C=O) groups is 2. The van der Waals surface area contributed by atoms with Crippen LogP contribution in [0.2, 0.25) is 0 Å². The van der Waals surface area contributed by atoms with E-state index in [2.05, 4.69) is 0 Å². The largest absolute Gasteiger partial charge is 0.465 e. The number of carbonyl (C=O) groups excluding carboxylic acids is 2. The summed E-state index contributed by atoms with van der Waals surface area (Å²) in [5.41, 5.74) is 1.64. The van der Waals surface area contributed by atoms with Gasteiger partial charge in [0.25, 0.3) is 0 Å². The zero-order valence-corrected chi connectivity index (χ0v) is 14.4. The number of anilines is 2. The average Bonchev–Trinajstić information content (AvgIpc) is 2.59. The molecule has 2 amide bonds. The van der Waals surface area contributed by atoms with Crippen molar-refractivity contribution in [3.05, 3.63) is 48.5 Å². The van der Waals surface area contributed by atoms with E-state index >= 15 is 0 Å². The van der Waals surface area contributed by atoms with Gasteiger partial charge in [0.2, 0.25) is 0 Å². The summed E-state index contributed by atoms with van der Waals surface area (Å²) in [6.45, 7) is 1.96. The maximum atomic E-state index is 13.0. The van der Waals surface area contributed by atoms with Gasteiger partial charge in [-0.2, -0.15) is 0 Å². The molecule has 0 aliphatic carbocycles. The number of esters is 1. The van der Waals surface area contributed by atoms with Crippen LogP contribution in [0.1, 0.15) is 6.92 Å². The van der Waals surface area contributed by atoms with Gasteiger partial charge in [0.05, 0.1) is 18.0 Å². The molecule has 2 aromatic carbocycles. The third-order valence-corrected chi connectivity index (χ3v) is 4.75. The molecule has 0 aromatic heterocycles. The van der Waals surface area contributed by atoms with Crippen molar-refractivity contribution in [1.82, 2.24) is 4.90 Å². The number of para-hydroxylation sites is 2. The van der Waals surface area contributed by atoms with Crippen molar-refractivity contribution in [2.45, 2.75) is 16.7 Å². The molecule has 0 N–H and O–H groups in total. The van der Waals surface area contributed by atoms with Crippen LogP contribution < -0.4 is 4.90 Å². The van der Waals surface area contributed by atoms with E-state index in [0.717, 1.165) is 21.2 Å². The number of benzene rings is 2. The lowest BCUT2D eigenvalue weighted by Crippen LogP contribution is -2.42. The maximum Gasteiger partial charge on any atom is 0.329 e. The van der Waals surface area contributed by atoms with Crippen molar-refractivity contribution in [2.24, 2.45) is 0 Å². The molecule has 0 radical (unpaired) electrons. The van der Waals surface area contributed by atoms with Crippen molar-refractivity contribution < 1.29 is 14.3 Å². The molecule has 0 atom stereocenters. The molecule has 0 saturated heterocycles. The number of ether oxygens (including phenoxy) is 1. The number of hydrogen-bond donors (Lipinski definition) is 0. The Bertz CT molecular complexity index is 733. The number of urea groups is 1. The maximum absolute atomic E-state index is 13.0. The predicted octanol–water partition coefficient (Wildman–Crippen LogP) is 3.90. The summed E-state index contributed by atoms with van der Waals surface area (Å²) in [5.74, 6) is -0.415. The SMILES string of the molecule is CCOC(=O)CN(C)C(=O)N1c2ccccc2Sc2ccccc21. The highest BCUT2D eigenvalue weighted by Crippen LogP contribution is 2.48. The van der Waals surface area contributed by atoms with Crippen molar-refractivity contribution in [1.29, 1.82) is 0 Å². The number of fused-ring (bicyclic) bond motifs is 2. The Morgan fingerprint density at radius 3 is 2.12 bits per heavy atom. The average molecular weight is 342 g/mol. The first kappa shape index (κ1) is 16.4. The Morgan fingerprint density at radius 2 is 1.58 bits per heavy atom. The standard InChI is InChI=1S/C18H18N2O3S/c1-3-23-17(21)12-19(2)18(22)20-13-8-4-6-10-15(13)24-16-11-7-5-9-14(16)20/h4-11H,3,12H2,1-2H3. The van der Waals surface area contributed by atoms with E-state index in [1.807, 2.05) is 48.5 Å². The van der Waals surface area contributed by atoms with Gasteiger partial charge in [-0.1, -0.05) is 36.0 Å². The number of rotatable bonds is 3. The summed E-state index contributed by atoms with van der Waals surface area (Å²) in [4.78, 5) is 29.7. The van der Waals surface area contributed by atoms with Crippen LogP contribution in [-0.2, 0) is 9.53 Å². The number of amides is 2. The van der Waals surface area contributed by atoms with E-state index in [1.165, 1.54) is 4.90 Å². The molecular formula is C18H18N2O3S. The quantitative estimate of drug-likeness (QED) is 0.794. The van der Waals surface area contributed by atoms with Crippen molar-refractivity contribution in [3.63, 3.8) is 0 Å². The Balaban J connectivity index is 1.95. The molecular weight excluding hydrogens is 324 g/mol. The van der Waals surface area contributed by atoms with Gasteiger partial charge in [-0.3, -0.25) is 9.69 Å². The van der Waals surface area contributed by atoms with Gasteiger partial charge in [0.15, 0.2) is 0 Å². The molecule has 0 spiro atoms. The van der Waals surface area contributed by atoms with E-state index in [0.29, 0.717) is 6.61 Å². The first-order chi connectivity index (χ1) is 11.6. The third-order valence-electron chi connectivity index (χ3n) is 3.62. The predicted molar refractivity (Wildman–Crippen MR) is 93.8 cm³/mol. The minimum absolute atomic E-state index is 0.0827. The lowest BCUT2D eigenvalue weighted by atomic mass is 10.2. The van der Waals surface area contributed by atoms with E-state index in [1.54, 1.807) is 30.6 Å². The van der Waals surface area contributed by atoms with E-state index in [4.69, 9.17) is 4.74 Å². The molecule has 0 unspecified atom stereocenters. The van der Waals surface area contributed by atoms with Gasteiger partial charge < -0.3 is 9.64 Å². The second-order valence-electron chi connectivity index (χ2n) is 5.32. The van der Waals surface area contributed by atoms with Crippen molar-refractivity contribution in [2.75, 3.05) is 25.1 Å². The van der Waals surface area contributed by atoms with Gasteiger partial charge in [-0.15, -0.1) is 0 Å². The molecule has 0 bridgehead atoms. The summed E-state index contributed by atoms with van der Waals surface area (Å²) in [6.07, 6.45) is 0. The lowest BCUT2D eigenvalue weighted by Gasteiger charge is -2.33. The van der Waals surface area contributed by atoms with Gasteiger partial charge >= 0.3 is 12.0 Å². The second kappa shape index (κ2) is 6.97. The molecule has 124 valence electrons. The zero-order valence-electron chi connectivity index (χ0n) is 13.6. The third kappa shape index (κ3) is 3.10. The first-order valence-electron chi connectivity index (χ1n) is 7.68. The molecule has 5 nitrogen and oxygen atoms in total. The van der Waals surface area contributed by atoms with Gasteiger partial charge in [0, 0.05) is 16.8 Å². The van der Waals surface area contributed by atoms with E-state index in [-0.39, 0.29) is 12.6 Å². The first-order valence-corrected chi connectivity index (χ1v) is 8.50. The van der Waals surface area contributed by atoms with Crippen LogP contribution in [0.4, 0.5) is 16.2 Å². The summed E-state index contributed by atoms with van der Waals surface area (Å²) in [5, 5.41) is 0. The Kier molecular flexibility index (Phi) is 4.76. The van der Waals surface area contributed by atoms with Crippen LogP contribution >= 0.6 is 11.8 Å². The summed E-state index contributed by atoms with van der Waals surface area (Å²) < 4.78 is 4.93. The fraction of sp³-hybridized carbons (Fsp3) is 0.222. The van der Waals surface area contributed by atoms with Crippen LogP contribution in [0.5, 0.6) is 0 Å². The Hall–Kier alpha value is -2.47. The highest BCUT2D eigenvalue weighted by atomic mass is 32.2. The Labute approximate surface area is 145 Å². The highest BCUT2D eigenvalue weighted by molar-refractivity contribution is 7.99. The normalized spacial score (nSPS) is 12.2. The summed E-state index contributed by atoms with van der Waals surface area (Å²) in [7, 11) is 1.60. The number of likely N-dealkylation sites (N-methyl/N-ethyl adjacent to an activating group) is 1. The highest BCUT2D eigenvalue weighted by Gasteiger charge is 2.30. The second-order valence-corrected chi connectivity index (χ2v) is 6.40. The number of nitrogens with zero attached hydrogens (tertiary/aromatic N) is 2. The number of hydrogen-bond acceptors (Lipinski definition) is 4. The van der Waals surface area contributed by atoms with E-state index < -0.39 is 5.97 Å². The molecule has 0 fully saturated rings. The van der Waals surface area contributed by atoms with Gasteiger partial charge in [-0.05, 0) is 31.2 Å². The lowest BCUT2D eigenvalue weighted by molar-refractivity contribution is -0.143. The van der Waals surface area contributed by atoms with Gasteiger partial charge in [0.1, 0.15) is 6.54 Å². The molecule has 0 saturated carbocycles. The molecule has 6 heteroatoms. The molecule has 24 heavy (non-hydrogen) atoms. The topological polar surface area (TPSA) is 49.9 Å².